The maximum Gasteiger partial charge on any atom is 0.235 e. The van der Waals surface area contributed by atoms with E-state index in [2.05, 4.69) is 217 Å². The van der Waals surface area contributed by atoms with E-state index in [1.54, 1.807) is 0 Å². The molecule has 0 fully saturated rings. The SMILES string of the molecule is C1=CC(c2ccccc2)=Cc2c(n(-c3nc(-c4ccccc4)c4ccccc4n3)c3c(-c4cccc(-c5cccc(-c6ccc7c(c6)sc6ccccc67)c5)c4)cccc23)C1. The van der Waals surface area contributed by atoms with Crippen molar-refractivity contribution >= 4 is 65.0 Å². The van der Waals surface area contributed by atoms with E-state index in [-0.39, 0.29) is 0 Å². The lowest BCUT2D eigenvalue weighted by Gasteiger charge is -2.15. The summed E-state index contributed by atoms with van der Waals surface area (Å²) in [6.45, 7) is 0. The number of allylic oxidation sites excluding steroid dienone is 3. The molecule has 0 spiro atoms. The molecule has 61 heavy (non-hydrogen) atoms. The lowest BCUT2D eigenvalue weighted by molar-refractivity contribution is 0.920. The molecule has 11 aromatic rings. The Morgan fingerprint density at radius 3 is 1.85 bits per heavy atom. The summed E-state index contributed by atoms with van der Waals surface area (Å²) in [5.74, 6) is 0.667. The maximum atomic E-state index is 5.46. The van der Waals surface area contributed by atoms with Crippen molar-refractivity contribution in [3.63, 3.8) is 0 Å². The van der Waals surface area contributed by atoms with E-state index in [4.69, 9.17) is 9.97 Å². The van der Waals surface area contributed by atoms with E-state index in [0.717, 1.165) is 45.2 Å². The van der Waals surface area contributed by atoms with Gasteiger partial charge in [-0.3, -0.25) is 4.57 Å². The van der Waals surface area contributed by atoms with Crippen LogP contribution in [-0.2, 0) is 6.42 Å². The predicted octanol–water partition coefficient (Wildman–Crippen LogP) is 15.3. The van der Waals surface area contributed by atoms with Crippen molar-refractivity contribution in [2.75, 3.05) is 0 Å². The monoisotopic (exact) mass is 795 g/mol. The van der Waals surface area contributed by atoms with Crippen LogP contribution in [0.3, 0.4) is 0 Å². The zero-order valence-corrected chi connectivity index (χ0v) is 34.0. The van der Waals surface area contributed by atoms with Gasteiger partial charge in [-0.15, -0.1) is 11.3 Å². The topological polar surface area (TPSA) is 30.7 Å². The van der Waals surface area contributed by atoms with Crippen molar-refractivity contribution < 1.29 is 0 Å². The van der Waals surface area contributed by atoms with Gasteiger partial charge in [0.2, 0.25) is 5.95 Å². The summed E-state index contributed by atoms with van der Waals surface area (Å²) in [7, 11) is 0. The van der Waals surface area contributed by atoms with Gasteiger partial charge in [-0.25, -0.2) is 9.97 Å². The van der Waals surface area contributed by atoms with Crippen molar-refractivity contribution in [2.45, 2.75) is 6.42 Å². The fourth-order valence-electron chi connectivity index (χ4n) is 9.17. The van der Waals surface area contributed by atoms with Crippen LogP contribution < -0.4 is 0 Å². The molecule has 0 saturated carbocycles. The largest absolute Gasteiger partial charge is 0.281 e. The van der Waals surface area contributed by atoms with E-state index in [1.807, 2.05) is 11.3 Å². The fourth-order valence-corrected chi connectivity index (χ4v) is 10.3. The number of hydrogen-bond acceptors (Lipinski definition) is 3. The average Bonchev–Trinajstić information content (AvgIpc) is 3.77. The van der Waals surface area contributed by atoms with Crippen molar-refractivity contribution in [2.24, 2.45) is 0 Å². The van der Waals surface area contributed by atoms with E-state index in [1.165, 1.54) is 70.2 Å². The molecule has 286 valence electrons. The van der Waals surface area contributed by atoms with Crippen molar-refractivity contribution in [3.8, 4) is 50.6 Å². The Morgan fingerprint density at radius 1 is 0.443 bits per heavy atom. The van der Waals surface area contributed by atoms with Crippen LogP contribution in [0.25, 0.3) is 104 Å². The Balaban J connectivity index is 1.04. The summed E-state index contributed by atoms with van der Waals surface area (Å²) >= 11 is 1.86. The summed E-state index contributed by atoms with van der Waals surface area (Å²) < 4.78 is 4.98. The van der Waals surface area contributed by atoms with Gasteiger partial charge in [0.15, 0.2) is 0 Å². The number of aromatic nitrogens is 3. The number of nitrogens with zero attached hydrogens (tertiary/aromatic N) is 3. The average molecular weight is 796 g/mol. The van der Waals surface area contributed by atoms with Crippen LogP contribution in [0, 0.1) is 0 Å². The maximum absolute atomic E-state index is 5.46. The number of thiophene rings is 1. The number of rotatable bonds is 6. The number of benzene rings is 8. The van der Waals surface area contributed by atoms with Crippen LogP contribution in [0.15, 0.2) is 206 Å². The highest BCUT2D eigenvalue weighted by molar-refractivity contribution is 7.25. The zero-order chi connectivity index (χ0) is 40.3. The predicted molar refractivity (Wildman–Crippen MR) is 258 cm³/mol. The second-order valence-electron chi connectivity index (χ2n) is 15.7. The highest BCUT2D eigenvalue weighted by Gasteiger charge is 2.24. The van der Waals surface area contributed by atoms with Gasteiger partial charge in [-0.05, 0) is 75.4 Å². The standard InChI is InChI=1S/C57H37N3S/c1-3-15-37(16-4-1)42-22-13-29-52-50(35-42)48-27-14-26-45(56(48)60(52)57-58-51-28-9-7-25-49(51)55(59-57)38-17-5-2-6-18-38)44-23-12-21-41(34-44)39-19-11-20-40(33-39)43-31-32-47-46-24-8-10-30-53(46)61-54(47)36-43/h1-28,30-36H,29H2. The summed E-state index contributed by atoms with van der Waals surface area (Å²) in [6.07, 6.45) is 7.62. The molecule has 3 heterocycles. The summed E-state index contributed by atoms with van der Waals surface area (Å²) in [4.78, 5) is 10.8. The third-order valence-electron chi connectivity index (χ3n) is 12.1. The Kier molecular flexibility index (Phi) is 8.43. The molecule has 4 heteroatoms. The van der Waals surface area contributed by atoms with Gasteiger partial charge < -0.3 is 0 Å². The number of hydrogen-bond donors (Lipinski definition) is 0. The first kappa shape index (κ1) is 35.3. The first-order valence-electron chi connectivity index (χ1n) is 20.8. The third kappa shape index (κ3) is 6.11. The second-order valence-corrected chi connectivity index (χ2v) is 16.8. The molecule has 0 aliphatic heterocycles. The first-order valence-corrected chi connectivity index (χ1v) is 21.6. The molecule has 0 bridgehead atoms. The molecule has 0 radical (unpaired) electrons. The van der Waals surface area contributed by atoms with Gasteiger partial charge in [0.1, 0.15) is 0 Å². The Hall–Kier alpha value is -7.66. The van der Waals surface area contributed by atoms with Gasteiger partial charge in [-0.2, -0.15) is 0 Å². The molecule has 12 rings (SSSR count). The lowest BCUT2D eigenvalue weighted by atomic mass is 9.95. The number of para-hydroxylation sites is 2. The van der Waals surface area contributed by atoms with E-state index in [0.29, 0.717) is 5.95 Å². The molecule has 8 aromatic carbocycles. The molecule has 1 aliphatic rings. The molecule has 0 amide bonds. The first-order chi connectivity index (χ1) is 30.2. The lowest BCUT2D eigenvalue weighted by Crippen LogP contribution is -2.07. The Morgan fingerprint density at radius 2 is 1.05 bits per heavy atom. The van der Waals surface area contributed by atoms with Crippen LogP contribution >= 0.6 is 11.3 Å². The van der Waals surface area contributed by atoms with Crippen LogP contribution in [0.2, 0.25) is 0 Å². The molecular weight excluding hydrogens is 759 g/mol. The Labute approximate surface area is 357 Å². The minimum Gasteiger partial charge on any atom is -0.281 e. The molecule has 0 atom stereocenters. The van der Waals surface area contributed by atoms with Gasteiger partial charge in [0.25, 0.3) is 0 Å². The van der Waals surface area contributed by atoms with E-state index >= 15 is 0 Å². The van der Waals surface area contributed by atoms with Crippen molar-refractivity contribution in [3.05, 3.63) is 223 Å². The minimum absolute atomic E-state index is 0.667. The molecule has 1 aliphatic carbocycles. The van der Waals surface area contributed by atoms with E-state index in [9.17, 15) is 0 Å². The minimum atomic E-state index is 0.667. The second kappa shape index (κ2) is 14.6. The molecular formula is C57H37N3S. The fraction of sp³-hybridized carbons (Fsp3) is 0.0175. The van der Waals surface area contributed by atoms with Gasteiger partial charge in [0, 0.05) is 59.7 Å². The zero-order valence-electron chi connectivity index (χ0n) is 33.2. The molecule has 0 unspecified atom stereocenters. The van der Waals surface area contributed by atoms with Crippen LogP contribution in [0.1, 0.15) is 16.8 Å². The third-order valence-corrected chi connectivity index (χ3v) is 13.2. The molecule has 0 N–H and O–H groups in total. The van der Waals surface area contributed by atoms with Gasteiger partial charge >= 0.3 is 0 Å². The van der Waals surface area contributed by atoms with E-state index < -0.39 is 0 Å². The summed E-state index contributed by atoms with van der Waals surface area (Å²) in [5, 5.41) is 4.85. The molecule has 3 aromatic heterocycles. The van der Waals surface area contributed by atoms with Crippen LogP contribution in [-0.4, -0.2) is 14.5 Å². The smallest absolute Gasteiger partial charge is 0.235 e. The normalized spacial score (nSPS) is 12.6. The molecule has 0 saturated heterocycles. The summed E-state index contributed by atoms with van der Waals surface area (Å²) in [6, 6.07) is 69.8. The highest BCUT2D eigenvalue weighted by Crippen LogP contribution is 2.42. The quantitative estimate of drug-likeness (QED) is 0.168. The molecule has 3 nitrogen and oxygen atoms in total. The van der Waals surface area contributed by atoms with Crippen molar-refractivity contribution in [1.82, 2.24) is 14.5 Å². The highest BCUT2D eigenvalue weighted by atomic mass is 32.1. The van der Waals surface area contributed by atoms with Crippen LogP contribution in [0.5, 0.6) is 0 Å². The Bertz CT molecular complexity index is 3550. The van der Waals surface area contributed by atoms with Crippen LogP contribution in [0.4, 0.5) is 0 Å². The number of fused-ring (bicyclic) bond motifs is 7. The van der Waals surface area contributed by atoms with Gasteiger partial charge in [-0.1, -0.05) is 176 Å². The van der Waals surface area contributed by atoms with Crippen molar-refractivity contribution in [1.29, 1.82) is 0 Å². The summed E-state index contributed by atoms with van der Waals surface area (Å²) in [5.41, 5.74) is 15.8. The van der Waals surface area contributed by atoms with Gasteiger partial charge in [0.05, 0.1) is 16.7 Å².